The number of likely N-dealkylation sites (N-methyl/N-ethyl adjacent to an activating group) is 1. The topological polar surface area (TPSA) is 50.4 Å². The Morgan fingerprint density at radius 2 is 1.59 bits per heavy atom. The minimum atomic E-state index is -0.268. The second-order valence-corrected chi connectivity index (χ2v) is 5.11. The molecule has 116 valence electrons. The van der Waals surface area contributed by atoms with Gasteiger partial charge in [0.05, 0.1) is 12.6 Å². The van der Waals surface area contributed by atoms with E-state index in [0.717, 1.165) is 18.4 Å². The molecule has 0 aliphatic rings. The lowest BCUT2D eigenvalue weighted by Gasteiger charge is -2.15. The highest BCUT2D eigenvalue weighted by molar-refractivity contribution is 5.80. The van der Waals surface area contributed by atoms with Crippen LogP contribution in [-0.2, 0) is 22.7 Å². The number of benzene rings is 2. The van der Waals surface area contributed by atoms with Gasteiger partial charge in [-0.15, -0.1) is 0 Å². The van der Waals surface area contributed by atoms with Gasteiger partial charge in [0.25, 0.3) is 5.91 Å². The fraction of sp³-hybridized carbons (Fsp3) is 0.278. The van der Waals surface area contributed by atoms with Crippen molar-refractivity contribution in [2.45, 2.75) is 25.5 Å². The van der Waals surface area contributed by atoms with Crippen molar-refractivity contribution in [2.75, 3.05) is 7.05 Å². The number of nitrogens with one attached hydrogen (secondary N) is 2. The maximum absolute atomic E-state index is 12.1. The molecule has 1 unspecified atom stereocenters. The predicted octanol–water partition coefficient (Wildman–Crippen LogP) is 2.46. The molecule has 22 heavy (non-hydrogen) atoms. The van der Waals surface area contributed by atoms with E-state index in [9.17, 15) is 4.79 Å². The van der Waals surface area contributed by atoms with Gasteiger partial charge in [-0.2, -0.15) is 0 Å². The molecule has 0 aliphatic carbocycles. The van der Waals surface area contributed by atoms with E-state index < -0.39 is 0 Å². The van der Waals surface area contributed by atoms with E-state index in [2.05, 4.69) is 22.9 Å². The van der Waals surface area contributed by atoms with Crippen LogP contribution in [0.1, 0.15) is 17.5 Å². The van der Waals surface area contributed by atoms with E-state index in [1.54, 1.807) is 7.05 Å². The van der Waals surface area contributed by atoms with Gasteiger partial charge >= 0.3 is 0 Å². The molecule has 0 spiro atoms. The molecule has 0 saturated carbocycles. The number of rotatable bonds is 8. The standard InChI is InChI=1S/C18H22N2O2/c1-19-17(13-12-15-8-4-2-5-9-15)18(21)20-22-14-16-10-6-3-7-11-16/h2-11,17,19H,12-14H2,1H3,(H,20,21). The van der Waals surface area contributed by atoms with Gasteiger partial charge in [0.1, 0.15) is 0 Å². The molecule has 0 saturated heterocycles. The first-order valence-electron chi connectivity index (χ1n) is 7.46. The number of hydroxylamine groups is 1. The fourth-order valence-corrected chi connectivity index (χ4v) is 2.20. The summed E-state index contributed by atoms with van der Waals surface area (Å²) in [7, 11) is 1.78. The van der Waals surface area contributed by atoms with Gasteiger partial charge in [-0.1, -0.05) is 60.7 Å². The number of hydrogen-bond acceptors (Lipinski definition) is 3. The molecule has 0 heterocycles. The summed E-state index contributed by atoms with van der Waals surface area (Å²) in [5.74, 6) is -0.144. The molecule has 2 aromatic carbocycles. The highest BCUT2D eigenvalue weighted by Gasteiger charge is 2.16. The van der Waals surface area contributed by atoms with Crippen molar-refractivity contribution in [2.24, 2.45) is 0 Å². The third kappa shape index (κ3) is 5.31. The summed E-state index contributed by atoms with van der Waals surface area (Å²) in [4.78, 5) is 17.4. The molecule has 0 fully saturated rings. The largest absolute Gasteiger partial charge is 0.309 e. The smallest absolute Gasteiger partial charge is 0.260 e. The summed E-state index contributed by atoms with van der Waals surface area (Å²) in [6.07, 6.45) is 1.57. The normalized spacial score (nSPS) is 11.9. The lowest BCUT2D eigenvalue weighted by atomic mass is 10.1. The molecule has 1 atom stereocenters. The molecule has 4 nitrogen and oxygen atoms in total. The maximum atomic E-state index is 12.1. The molecule has 0 aromatic heterocycles. The Morgan fingerprint density at radius 3 is 2.18 bits per heavy atom. The number of amides is 1. The monoisotopic (exact) mass is 298 g/mol. The fourth-order valence-electron chi connectivity index (χ4n) is 2.20. The van der Waals surface area contributed by atoms with Crippen molar-refractivity contribution < 1.29 is 9.63 Å². The average molecular weight is 298 g/mol. The number of aryl methyl sites for hydroxylation is 1. The first-order chi connectivity index (χ1) is 10.8. The van der Waals surface area contributed by atoms with Crippen LogP contribution in [0.5, 0.6) is 0 Å². The van der Waals surface area contributed by atoms with Gasteiger partial charge in [0.2, 0.25) is 0 Å². The minimum Gasteiger partial charge on any atom is -0.309 e. The molecule has 4 heteroatoms. The SMILES string of the molecule is CNC(CCc1ccccc1)C(=O)NOCc1ccccc1. The van der Waals surface area contributed by atoms with Gasteiger partial charge in [-0.3, -0.25) is 9.63 Å². The van der Waals surface area contributed by atoms with E-state index in [0.29, 0.717) is 6.61 Å². The molecule has 0 bridgehead atoms. The molecule has 2 aromatic rings. The molecule has 2 N–H and O–H groups in total. The van der Waals surface area contributed by atoms with Crippen LogP contribution in [0.25, 0.3) is 0 Å². The Bertz CT molecular complexity index is 558. The van der Waals surface area contributed by atoms with Crippen molar-refractivity contribution in [1.29, 1.82) is 0 Å². The second-order valence-electron chi connectivity index (χ2n) is 5.11. The van der Waals surface area contributed by atoms with E-state index in [1.165, 1.54) is 5.56 Å². The van der Waals surface area contributed by atoms with Crippen LogP contribution < -0.4 is 10.8 Å². The molecular formula is C18H22N2O2. The van der Waals surface area contributed by atoms with Gasteiger partial charge in [-0.25, -0.2) is 5.48 Å². The molecular weight excluding hydrogens is 276 g/mol. The summed E-state index contributed by atoms with van der Waals surface area (Å²) in [6, 6.07) is 19.6. The van der Waals surface area contributed by atoms with E-state index in [4.69, 9.17) is 4.84 Å². The Balaban J connectivity index is 1.74. The van der Waals surface area contributed by atoms with Crippen LogP contribution in [0.15, 0.2) is 60.7 Å². The van der Waals surface area contributed by atoms with Crippen molar-refractivity contribution in [3.8, 4) is 0 Å². The molecule has 2 rings (SSSR count). The van der Waals surface area contributed by atoms with Crippen molar-refractivity contribution >= 4 is 5.91 Å². The first kappa shape index (κ1) is 16.2. The summed E-state index contributed by atoms with van der Waals surface area (Å²) < 4.78 is 0. The number of carbonyl (C=O) groups is 1. The van der Waals surface area contributed by atoms with E-state index >= 15 is 0 Å². The summed E-state index contributed by atoms with van der Waals surface area (Å²) in [6.45, 7) is 0.363. The zero-order valence-corrected chi connectivity index (χ0v) is 12.8. The van der Waals surface area contributed by atoms with Gasteiger partial charge in [0.15, 0.2) is 0 Å². The zero-order valence-electron chi connectivity index (χ0n) is 12.8. The summed E-state index contributed by atoms with van der Waals surface area (Å²) in [5, 5.41) is 3.03. The molecule has 0 aliphatic heterocycles. The van der Waals surface area contributed by atoms with Crippen LogP contribution in [0, 0.1) is 0 Å². The number of hydrogen-bond donors (Lipinski definition) is 2. The van der Waals surface area contributed by atoms with Crippen LogP contribution in [-0.4, -0.2) is 19.0 Å². The highest BCUT2D eigenvalue weighted by Crippen LogP contribution is 2.05. The average Bonchev–Trinajstić information content (AvgIpc) is 2.57. The third-order valence-electron chi connectivity index (χ3n) is 3.48. The Hall–Kier alpha value is -2.17. The molecule has 0 radical (unpaired) electrons. The Labute approximate surface area is 131 Å². The maximum Gasteiger partial charge on any atom is 0.260 e. The van der Waals surface area contributed by atoms with E-state index in [-0.39, 0.29) is 11.9 Å². The van der Waals surface area contributed by atoms with Gasteiger partial charge in [0, 0.05) is 0 Å². The first-order valence-corrected chi connectivity index (χ1v) is 7.46. The highest BCUT2D eigenvalue weighted by atomic mass is 16.6. The third-order valence-corrected chi connectivity index (χ3v) is 3.48. The predicted molar refractivity (Wildman–Crippen MR) is 87.0 cm³/mol. The Kier molecular flexibility index (Phi) is 6.61. The van der Waals surface area contributed by atoms with Crippen molar-refractivity contribution in [3.63, 3.8) is 0 Å². The number of carbonyl (C=O) groups excluding carboxylic acids is 1. The van der Waals surface area contributed by atoms with Crippen LogP contribution >= 0.6 is 0 Å². The summed E-state index contributed by atoms with van der Waals surface area (Å²) in [5.41, 5.74) is 4.76. The zero-order chi connectivity index (χ0) is 15.6. The minimum absolute atomic E-state index is 0.144. The van der Waals surface area contributed by atoms with E-state index in [1.807, 2.05) is 48.5 Å². The van der Waals surface area contributed by atoms with Crippen molar-refractivity contribution in [3.05, 3.63) is 71.8 Å². The quantitative estimate of drug-likeness (QED) is 0.736. The van der Waals surface area contributed by atoms with Crippen LogP contribution in [0.3, 0.4) is 0 Å². The van der Waals surface area contributed by atoms with Crippen LogP contribution in [0.4, 0.5) is 0 Å². The second kappa shape index (κ2) is 8.97. The summed E-state index contributed by atoms with van der Waals surface area (Å²) >= 11 is 0. The Morgan fingerprint density at radius 1 is 1.00 bits per heavy atom. The lowest BCUT2D eigenvalue weighted by Crippen LogP contribution is -2.42. The van der Waals surface area contributed by atoms with Crippen molar-refractivity contribution in [1.82, 2.24) is 10.8 Å². The molecule has 1 amide bonds. The van der Waals surface area contributed by atoms with Gasteiger partial charge < -0.3 is 5.32 Å². The van der Waals surface area contributed by atoms with Crippen LogP contribution in [0.2, 0.25) is 0 Å². The lowest BCUT2D eigenvalue weighted by molar-refractivity contribution is -0.136. The van der Waals surface area contributed by atoms with Gasteiger partial charge in [-0.05, 0) is 31.0 Å².